The van der Waals surface area contributed by atoms with Crippen molar-refractivity contribution in [3.05, 3.63) is 70.2 Å². The van der Waals surface area contributed by atoms with E-state index in [4.69, 9.17) is 19.9 Å². The van der Waals surface area contributed by atoms with E-state index in [1.54, 1.807) is 19.2 Å². The van der Waals surface area contributed by atoms with Crippen LogP contribution in [0.3, 0.4) is 0 Å². The van der Waals surface area contributed by atoms with Gasteiger partial charge in [0.25, 0.3) is 0 Å². The fourth-order valence-electron chi connectivity index (χ4n) is 4.79. The van der Waals surface area contributed by atoms with Crippen molar-refractivity contribution in [3.63, 3.8) is 0 Å². The van der Waals surface area contributed by atoms with Gasteiger partial charge in [0, 0.05) is 24.0 Å². The summed E-state index contributed by atoms with van der Waals surface area (Å²) in [5.41, 5.74) is 8.27. The number of rotatable bonds is 9. The highest BCUT2D eigenvalue weighted by Gasteiger charge is 2.22. The lowest BCUT2D eigenvalue weighted by molar-refractivity contribution is -0.142. The monoisotopic (exact) mass is 614 g/mol. The summed E-state index contributed by atoms with van der Waals surface area (Å²) in [6.07, 6.45) is 6.29. The quantitative estimate of drug-likeness (QED) is 0.153. The minimum Gasteiger partial charge on any atom is -0.497 e. The van der Waals surface area contributed by atoms with Crippen LogP contribution < -0.4 is 10.5 Å². The highest BCUT2D eigenvalue weighted by atomic mass is 79.9. The van der Waals surface area contributed by atoms with Gasteiger partial charge in [0.2, 0.25) is 0 Å². The Morgan fingerprint density at radius 2 is 1.65 bits per heavy atom. The van der Waals surface area contributed by atoms with Gasteiger partial charge in [0.05, 0.1) is 18.4 Å². The number of nitrogen functional groups attached to an aromatic ring is 1. The summed E-state index contributed by atoms with van der Waals surface area (Å²) < 4.78 is 15.8. The van der Waals surface area contributed by atoms with Gasteiger partial charge in [-0.15, -0.1) is 0 Å². The zero-order valence-corrected chi connectivity index (χ0v) is 24.7. The average molecular weight is 616 g/mol. The van der Waals surface area contributed by atoms with E-state index in [1.807, 2.05) is 24.3 Å². The Labute approximate surface area is 247 Å². The molecule has 0 amide bonds. The van der Waals surface area contributed by atoms with Crippen molar-refractivity contribution in [2.75, 3.05) is 32.6 Å². The van der Waals surface area contributed by atoms with E-state index < -0.39 is 11.9 Å². The molecule has 3 aromatic carbocycles. The van der Waals surface area contributed by atoms with E-state index in [2.05, 4.69) is 46.0 Å². The Balaban J connectivity index is 0.000000358. The average Bonchev–Trinajstić information content (AvgIpc) is 2.96. The van der Waals surface area contributed by atoms with Gasteiger partial charge in [0.1, 0.15) is 19.0 Å². The standard InChI is InChI=1S/C20H29BrN2O4.C11H10O.CH4/c1-3-23(17-7-5-4-6-8-17)13-16-11-15(12-18(21)19(16)22)20(25)27-10-9-26-14(2)24;1-12-11-7-6-9-4-2-3-5-10(9)8-11;/h11-12,17H,3-10,13,22H2,1-2H3;2-8H,1H3;1H4. The first-order chi connectivity index (χ1) is 18.8. The van der Waals surface area contributed by atoms with E-state index in [-0.39, 0.29) is 20.6 Å². The third-order valence-corrected chi connectivity index (χ3v) is 7.56. The van der Waals surface area contributed by atoms with Crippen LogP contribution in [0.25, 0.3) is 10.8 Å². The first kappa shape index (κ1) is 33.1. The van der Waals surface area contributed by atoms with E-state index in [0.717, 1.165) is 17.9 Å². The van der Waals surface area contributed by atoms with Crippen molar-refractivity contribution >= 4 is 44.3 Å². The number of ether oxygens (including phenoxy) is 3. The van der Waals surface area contributed by atoms with Crippen LogP contribution >= 0.6 is 15.9 Å². The third kappa shape index (κ3) is 9.82. The molecule has 0 saturated heterocycles. The number of hydrogen-bond donors (Lipinski definition) is 1. The van der Waals surface area contributed by atoms with Gasteiger partial charge in [-0.3, -0.25) is 9.69 Å². The molecule has 0 spiro atoms. The number of esters is 2. The maximum absolute atomic E-state index is 12.3. The Kier molecular flexibility index (Phi) is 14.0. The largest absolute Gasteiger partial charge is 0.497 e. The lowest BCUT2D eigenvalue weighted by Gasteiger charge is -2.34. The molecule has 7 nitrogen and oxygen atoms in total. The van der Waals surface area contributed by atoms with Gasteiger partial charge < -0.3 is 19.9 Å². The summed E-state index contributed by atoms with van der Waals surface area (Å²) in [6, 6.07) is 18.4. The van der Waals surface area contributed by atoms with Crippen LogP contribution in [-0.2, 0) is 20.8 Å². The zero-order chi connectivity index (χ0) is 28.2. The molecule has 1 saturated carbocycles. The number of nitrogens with zero attached hydrogens (tertiary/aromatic N) is 1. The van der Waals surface area contributed by atoms with Crippen LogP contribution in [-0.4, -0.2) is 49.7 Å². The second-order valence-electron chi connectivity index (χ2n) is 9.57. The molecule has 1 aliphatic carbocycles. The number of carbonyl (C=O) groups excluding carboxylic acids is 2. The predicted molar refractivity (Wildman–Crippen MR) is 166 cm³/mol. The number of carbonyl (C=O) groups is 2. The topological polar surface area (TPSA) is 91.1 Å². The highest BCUT2D eigenvalue weighted by Crippen LogP contribution is 2.30. The third-order valence-electron chi connectivity index (χ3n) is 6.90. The van der Waals surface area contributed by atoms with E-state index in [0.29, 0.717) is 28.3 Å². The molecule has 0 unspecified atom stereocenters. The smallest absolute Gasteiger partial charge is 0.338 e. The van der Waals surface area contributed by atoms with Crippen LogP contribution in [0.1, 0.15) is 69.3 Å². The summed E-state index contributed by atoms with van der Waals surface area (Å²) in [5, 5.41) is 2.47. The van der Waals surface area contributed by atoms with Crippen molar-refractivity contribution < 1.29 is 23.8 Å². The van der Waals surface area contributed by atoms with E-state index in [9.17, 15) is 9.59 Å². The molecule has 1 fully saturated rings. The Morgan fingerprint density at radius 1 is 0.975 bits per heavy atom. The lowest BCUT2D eigenvalue weighted by Crippen LogP contribution is -2.36. The number of nitrogens with two attached hydrogens (primary N) is 1. The normalized spacial score (nSPS) is 13.1. The number of halogens is 1. The molecule has 1 aliphatic rings. The van der Waals surface area contributed by atoms with Crippen molar-refractivity contribution in [1.29, 1.82) is 0 Å². The van der Waals surface area contributed by atoms with Crippen LogP contribution in [0, 0.1) is 0 Å². The predicted octanol–water partition coefficient (Wildman–Crippen LogP) is 7.39. The number of hydrogen-bond acceptors (Lipinski definition) is 7. The van der Waals surface area contributed by atoms with Gasteiger partial charge in [-0.1, -0.05) is 63.9 Å². The summed E-state index contributed by atoms with van der Waals surface area (Å²) in [4.78, 5) is 25.5. The Bertz CT molecular complexity index is 1240. The summed E-state index contributed by atoms with van der Waals surface area (Å²) in [6.45, 7) is 5.21. The van der Waals surface area contributed by atoms with Crippen LogP contribution in [0.4, 0.5) is 5.69 Å². The fourth-order valence-corrected chi connectivity index (χ4v) is 5.29. The van der Waals surface area contributed by atoms with Gasteiger partial charge >= 0.3 is 11.9 Å². The molecule has 0 aromatic heterocycles. The van der Waals surface area contributed by atoms with Crippen LogP contribution in [0.5, 0.6) is 5.75 Å². The molecule has 0 bridgehead atoms. The molecule has 0 radical (unpaired) electrons. The molecule has 0 heterocycles. The molecule has 2 N–H and O–H groups in total. The van der Waals surface area contributed by atoms with Crippen LogP contribution in [0.15, 0.2) is 59.1 Å². The Morgan fingerprint density at radius 3 is 2.30 bits per heavy atom. The molecule has 40 heavy (non-hydrogen) atoms. The van der Waals surface area contributed by atoms with Gasteiger partial charge in [-0.2, -0.15) is 0 Å². The molecular weight excluding hydrogens is 572 g/mol. The summed E-state index contributed by atoms with van der Waals surface area (Å²) >= 11 is 3.45. The second-order valence-corrected chi connectivity index (χ2v) is 10.4. The van der Waals surface area contributed by atoms with E-state index in [1.165, 1.54) is 49.8 Å². The molecule has 8 heteroatoms. The SMILES string of the molecule is C.CCN(Cc1cc(C(=O)OCCOC(C)=O)cc(Br)c1N)C1CCCCC1.COc1ccc2ccccc2c1. The van der Waals surface area contributed by atoms with Crippen molar-refractivity contribution in [2.24, 2.45) is 0 Å². The number of methoxy groups -OCH3 is 1. The summed E-state index contributed by atoms with van der Waals surface area (Å²) in [7, 11) is 1.68. The zero-order valence-electron chi connectivity index (χ0n) is 23.1. The second kappa shape index (κ2) is 16.9. The van der Waals surface area contributed by atoms with Crippen molar-refractivity contribution in [2.45, 2.75) is 66.0 Å². The van der Waals surface area contributed by atoms with Gasteiger partial charge in [-0.05, 0) is 75.9 Å². The molecule has 0 aliphatic heterocycles. The molecule has 218 valence electrons. The number of fused-ring (bicyclic) bond motifs is 1. The van der Waals surface area contributed by atoms with E-state index >= 15 is 0 Å². The minimum absolute atomic E-state index is 0. The number of anilines is 1. The molecule has 3 aromatic rings. The Hall–Kier alpha value is -3.10. The summed E-state index contributed by atoms with van der Waals surface area (Å²) in [5.74, 6) is 0.0597. The first-order valence-electron chi connectivity index (χ1n) is 13.5. The maximum atomic E-state index is 12.3. The molecule has 4 rings (SSSR count). The lowest BCUT2D eigenvalue weighted by atomic mass is 9.93. The van der Waals surface area contributed by atoms with Gasteiger partial charge in [0.15, 0.2) is 0 Å². The van der Waals surface area contributed by atoms with Gasteiger partial charge in [-0.25, -0.2) is 4.79 Å². The highest BCUT2D eigenvalue weighted by molar-refractivity contribution is 9.10. The van der Waals surface area contributed by atoms with Crippen molar-refractivity contribution in [3.8, 4) is 5.75 Å². The molecule has 0 atom stereocenters. The van der Waals surface area contributed by atoms with Crippen molar-refractivity contribution in [1.82, 2.24) is 4.90 Å². The number of benzene rings is 3. The molecular formula is C32H43BrN2O5. The first-order valence-corrected chi connectivity index (χ1v) is 14.3. The van der Waals surface area contributed by atoms with Crippen LogP contribution in [0.2, 0.25) is 0 Å². The minimum atomic E-state index is -0.454. The fraction of sp³-hybridized carbons (Fsp3) is 0.438. The maximum Gasteiger partial charge on any atom is 0.338 e.